The first-order valence-electron chi connectivity index (χ1n) is 6.60. The maximum absolute atomic E-state index is 5.81. The van der Waals surface area contributed by atoms with Crippen molar-refractivity contribution in [3.05, 3.63) is 23.8 Å². The molecule has 17 heavy (non-hydrogen) atoms. The van der Waals surface area contributed by atoms with Crippen molar-refractivity contribution in [2.24, 2.45) is 0 Å². The van der Waals surface area contributed by atoms with Gasteiger partial charge in [-0.3, -0.25) is 0 Å². The first kappa shape index (κ1) is 12.2. The van der Waals surface area contributed by atoms with Crippen molar-refractivity contribution in [2.75, 3.05) is 43.4 Å². The number of nitrogen functional groups attached to an aromatic ring is 1. The highest BCUT2D eigenvalue weighted by Crippen LogP contribution is 2.29. The Balaban J connectivity index is 1.97. The van der Waals surface area contributed by atoms with E-state index in [0.717, 1.165) is 44.8 Å². The average molecular weight is 233 g/mol. The Morgan fingerprint density at radius 2 is 2.06 bits per heavy atom. The monoisotopic (exact) mass is 233 g/mol. The van der Waals surface area contributed by atoms with Gasteiger partial charge in [-0.1, -0.05) is 13.8 Å². The van der Waals surface area contributed by atoms with E-state index in [1.54, 1.807) is 0 Å². The summed E-state index contributed by atoms with van der Waals surface area (Å²) in [6.07, 6.45) is 1.14. The molecule has 0 bridgehead atoms. The normalized spacial score (nSPS) is 14.4. The molecule has 0 spiro atoms. The fraction of sp³-hybridized carbons (Fsp3) is 0.571. The number of fused-ring (bicyclic) bond motifs is 1. The highest BCUT2D eigenvalue weighted by molar-refractivity contribution is 5.62. The molecule has 0 radical (unpaired) electrons. The van der Waals surface area contributed by atoms with Crippen LogP contribution in [0, 0.1) is 0 Å². The van der Waals surface area contributed by atoms with Gasteiger partial charge in [-0.25, -0.2) is 0 Å². The van der Waals surface area contributed by atoms with E-state index in [9.17, 15) is 0 Å². The SMILES string of the molecule is CCN(CC)CCN1CCc2cc(N)ccc21. The highest BCUT2D eigenvalue weighted by Gasteiger charge is 2.18. The molecule has 1 heterocycles. The third kappa shape index (κ3) is 2.72. The number of hydrogen-bond donors (Lipinski definition) is 1. The summed E-state index contributed by atoms with van der Waals surface area (Å²) >= 11 is 0. The number of nitrogens with zero attached hydrogens (tertiary/aromatic N) is 2. The first-order chi connectivity index (χ1) is 8.24. The molecule has 3 heteroatoms. The fourth-order valence-electron chi connectivity index (χ4n) is 2.52. The minimum Gasteiger partial charge on any atom is -0.399 e. The molecule has 0 saturated carbocycles. The van der Waals surface area contributed by atoms with Crippen LogP contribution in [-0.2, 0) is 6.42 Å². The van der Waals surface area contributed by atoms with E-state index in [0.29, 0.717) is 0 Å². The highest BCUT2D eigenvalue weighted by atomic mass is 15.2. The molecule has 2 N–H and O–H groups in total. The van der Waals surface area contributed by atoms with Gasteiger partial charge in [-0.2, -0.15) is 0 Å². The largest absolute Gasteiger partial charge is 0.399 e. The third-order valence-electron chi connectivity index (χ3n) is 3.68. The van der Waals surface area contributed by atoms with Gasteiger partial charge >= 0.3 is 0 Å². The van der Waals surface area contributed by atoms with Crippen LogP contribution in [0.3, 0.4) is 0 Å². The van der Waals surface area contributed by atoms with Crippen LogP contribution in [0.15, 0.2) is 18.2 Å². The van der Waals surface area contributed by atoms with E-state index in [2.05, 4.69) is 35.8 Å². The molecular formula is C14H23N3. The predicted molar refractivity (Wildman–Crippen MR) is 74.6 cm³/mol. The van der Waals surface area contributed by atoms with Crippen LogP contribution in [0.5, 0.6) is 0 Å². The van der Waals surface area contributed by atoms with Crippen molar-refractivity contribution < 1.29 is 0 Å². The molecule has 94 valence electrons. The van der Waals surface area contributed by atoms with E-state index in [-0.39, 0.29) is 0 Å². The number of anilines is 2. The van der Waals surface area contributed by atoms with Gasteiger partial charge in [0.15, 0.2) is 0 Å². The number of rotatable bonds is 5. The standard InChI is InChI=1S/C14H23N3/c1-3-16(4-2)9-10-17-8-7-12-11-13(15)5-6-14(12)17/h5-6,11H,3-4,7-10,15H2,1-2H3. The van der Waals surface area contributed by atoms with Gasteiger partial charge in [0.2, 0.25) is 0 Å². The Bertz CT molecular complexity index is 372. The average Bonchev–Trinajstić information content (AvgIpc) is 2.73. The van der Waals surface area contributed by atoms with E-state index in [1.807, 2.05) is 6.07 Å². The molecule has 1 aromatic rings. The topological polar surface area (TPSA) is 32.5 Å². The van der Waals surface area contributed by atoms with Crippen LogP contribution in [-0.4, -0.2) is 37.6 Å². The van der Waals surface area contributed by atoms with E-state index in [4.69, 9.17) is 5.73 Å². The molecule has 3 nitrogen and oxygen atoms in total. The molecule has 0 aromatic heterocycles. The summed E-state index contributed by atoms with van der Waals surface area (Å²) in [4.78, 5) is 4.95. The molecule has 0 fully saturated rings. The van der Waals surface area contributed by atoms with Gasteiger partial charge in [0.05, 0.1) is 0 Å². The maximum atomic E-state index is 5.81. The van der Waals surface area contributed by atoms with Crippen molar-refractivity contribution in [3.63, 3.8) is 0 Å². The van der Waals surface area contributed by atoms with Gasteiger partial charge in [0.25, 0.3) is 0 Å². The van der Waals surface area contributed by atoms with Gasteiger partial charge in [0.1, 0.15) is 0 Å². The minimum absolute atomic E-state index is 0.884. The van der Waals surface area contributed by atoms with Crippen molar-refractivity contribution in [1.29, 1.82) is 0 Å². The lowest BCUT2D eigenvalue weighted by Gasteiger charge is -2.24. The molecule has 0 atom stereocenters. The van der Waals surface area contributed by atoms with Crippen LogP contribution in [0.4, 0.5) is 11.4 Å². The smallest absolute Gasteiger partial charge is 0.0401 e. The predicted octanol–water partition coefficient (Wildman–Crippen LogP) is 1.97. The number of nitrogens with two attached hydrogens (primary N) is 1. The minimum atomic E-state index is 0.884. The second-order valence-corrected chi connectivity index (χ2v) is 4.65. The number of hydrogen-bond acceptors (Lipinski definition) is 3. The fourth-order valence-corrected chi connectivity index (χ4v) is 2.52. The molecule has 2 rings (SSSR count). The molecule has 0 unspecified atom stereocenters. The zero-order chi connectivity index (χ0) is 12.3. The second kappa shape index (κ2) is 5.41. The molecule has 0 saturated heterocycles. The molecule has 1 aliphatic rings. The van der Waals surface area contributed by atoms with E-state index >= 15 is 0 Å². The quantitative estimate of drug-likeness (QED) is 0.789. The zero-order valence-corrected chi connectivity index (χ0v) is 10.9. The summed E-state index contributed by atoms with van der Waals surface area (Å²) < 4.78 is 0. The lowest BCUT2D eigenvalue weighted by molar-refractivity contribution is 0.310. The van der Waals surface area contributed by atoms with Crippen molar-refractivity contribution in [1.82, 2.24) is 4.90 Å². The summed E-state index contributed by atoms with van der Waals surface area (Å²) in [6, 6.07) is 6.29. The van der Waals surface area contributed by atoms with Gasteiger partial charge in [-0.05, 0) is 43.3 Å². The Hall–Kier alpha value is -1.22. The van der Waals surface area contributed by atoms with Crippen LogP contribution in [0.1, 0.15) is 19.4 Å². The summed E-state index contributed by atoms with van der Waals surface area (Å²) in [7, 11) is 0. The lowest BCUT2D eigenvalue weighted by Crippen LogP contribution is -2.34. The molecule has 0 aliphatic carbocycles. The Kier molecular flexibility index (Phi) is 3.89. The number of likely N-dealkylation sites (N-methyl/N-ethyl adjacent to an activating group) is 1. The molecule has 0 amide bonds. The second-order valence-electron chi connectivity index (χ2n) is 4.65. The van der Waals surface area contributed by atoms with Crippen LogP contribution in [0.2, 0.25) is 0 Å². The van der Waals surface area contributed by atoms with E-state index < -0.39 is 0 Å². The van der Waals surface area contributed by atoms with Crippen molar-refractivity contribution >= 4 is 11.4 Å². The molecule has 1 aliphatic heterocycles. The van der Waals surface area contributed by atoms with Gasteiger partial charge in [0, 0.05) is 31.0 Å². The van der Waals surface area contributed by atoms with Crippen molar-refractivity contribution in [2.45, 2.75) is 20.3 Å². The Morgan fingerprint density at radius 1 is 1.29 bits per heavy atom. The zero-order valence-electron chi connectivity index (χ0n) is 10.9. The maximum Gasteiger partial charge on any atom is 0.0401 e. The Labute approximate surface area is 104 Å². The van der Waals surface area contributed by atoms with Crippen LogP contribution in [0.25, 0.3) is 0 Å². The third-order valence-corrected chi connectivity index (χ3v) is 3.68. The summed E-state index contributed by atoms with van der Waals surface area (Å²) in [5.41, 5.74) is 9.49. The van der Waals surface area contributed by atoms with Crippen LogP contribution >= 0.6 is 0 Å². The lowest BCUT2D eigenvalue weighted by atomic mass is 10.1. The molecule has 1 aromatic carbocycles. The van der Waals surface area contributed by atoms with Crippen LogP contribution < -0.4 is 10.6 Å². The van der Waals surface area contributed by atoms with Gasteiger partial charge in [-0.15, -0.1) is 0 Å². The summed E-state index contributed by atoms with van der Waals surface area (Å²) in [5, 5.41) is 0. The van der Waals surface area contributed by atoms with Gasteiger partial charge < -0.3 is 15.5 Å². The number of benzene rings is 1. The molecular weight excluding hydrogens is 210 g/mol. The van der Waals surface area contributed by atoms with Crippen molar-refractivity contribution in [3.8, 4) is 0 Å². The Morgan fingerprint density at radius 3 is 2.76 bits per heavy atom. The summed E-state index contributed by atoms with van der Waals surface area (Å²) in [5.74, 6) is 0. The first-order valence-corrected chi connectivity index (χ1v) is 6.60. The van der Waals surface area contributed by atoms with E-state index in [1.165, 1.54) is 11.3 Å². The summed E-state index contributed by atoms with van der Waals surface area (Å²) in [6.45, 7) is 10.1.